The van der Waals surface area contributed by atoms with E-state index >= 15 is 0 Å². The molecule has 1 N–H and O–H groups in total. The zero-order valence-electron chi connectivity index (χ0n) is 11.6. The maximum atomic E-state index is 11.7. The lowest BCUT2D eigenvalue weighted by atomic mass is 9.90. The molecule has 0 saturated carbocycles. The van der Waals surface area contributed by atoms with Crippen LogP contribution in [0.15, 0.2) is 0 Å². The molecule has 0 aromatic carbocycles. The van der Waals surface area contributed by atoms with Gasteiger partial charge in [-0.2, -0.15) is 0 Å². The Kier molecular flexibility index (Phi) is 5.40. The molecule has 17 heavy (non-hydrogen) atoms. The SMILES string of the molecule is CNCC1CCCN(CC(C)(C)C(=O)OC)C1. The summed E-state index contributed by atoms with van der Waals surface area (Å²) < 4.78 is 4.85. The van der Waals surface area contributed by atoms with Gasteiger partial charge in [-0.3, -0.25) is 4.79 Å². The maximum absolute atomic E-state index is 11.7. The first-order valence-electron chi connectivity index (χ1n) is 6.45. The van der Waals surface area contributed by atoms with Crippen LogP contribution in [0.2, 0.25) is 0 Å². The van der Waals surface area contributed by atoms with Crippen molar-refractivity contribution in [1.29, 1.82) is 0 Å². The molecule has 0 aromatic heterocycles. The number of hydrogen-bond donors (Lipinski definition) is 1. The van der Waals surface area contributed by atoms with Crippen LogP contribution in [-0.4, -0.2) is 51.2 Å². The smallest absolute Gasteiger partial charge is 0.312 e. The predicted octanol–water partition coefficient (Wildman–Crippen LogP) is 1.12. The first-order chi connectivity index (χ1) is 7.99. The third-order valence-electron chi connectivity index (χ3n) is 3.45. The first-order valence-corrected chi connectivity index (χ1v) is 6.45. The quantitative estimate of drug-likeness (QED) is 0.734. The molecule has 1 fully saturated rings. The molecule has 1 heterocycles. The van der Waals surface area contributed by atoms with Crippen molar-refractivity contribution in [2.75, 3.05) is 40.3 Å². The Bertz CT molecular complexity index is 252. The number of carbonyl (C=O) groups is 1. The van der Waals surface area contributed by atoms with Crippen molar-refractivity contribution < 1.29 is 9.53 Å². The Morgan fingerprint density at radius 1 is 1.53 bits per heavy atom. The molecule has 0 bridgehead atoms. The van der Waals surface area contributed by atoms with Gasteiger partial charge in [0.25, 0.3) is 0 Å². The van der Waals surface area contributed by atoms with Gasteiger partial charge in [-0.1, -0.05) is 0 Å². The minimum atomic E-state index is -0.406. The number of esters is 1. The highest BCUT2D eigenvalue weighted by atomic mass is 16.5. The second-order valence-corrected chi connectivity index (χ2v) is 5.68. The zero-order chi connectivity index (χ0) is 12.9. The lowest BCUT2D eigenvalue weighted by molar-refractivity contribution is -0.152. The second kappa shape index (κ2) is 6.36. The van der Waals surface area contributed by atoms with Gasteiger partial charge in [0.05, 0.1) is 12.5 Å². The van der Waals surface area contributed by atoms with E-state index in [1.807, 2.05) is 20.9 Å². The van der Waals surface area contributed by atoms with Gasteiger partial charge in [-0.05, 0) is 52.7 Å². The highest BCUT2D eigenvalue weighted by Crippen LogP contribution is 2.23. The fraction of sp³-hybridized carbons (Fsp3) is 0.923. The molecule has 100 valence electrons. The summed E-state index contributed by atoms with van der Waals surface area (Å²) in [5.74, 6) is 0.593. The summed E-state index contributed by atoms with van der Waals surface area (Å²) in [6, 6.07) is 0. The van der Waals surface area contributed by atoms with Gasteiger partial charge >= 0.3 is 5.97 Å². The van der Waals surface area contributed by atoms with Crippen molar-refractivity contribution in [3.63, 3.8) is 0 Å². The van der Waals surface area contributed by atoms with E-state index < -0.39 is 5.41 Å². The van der Waals surface area contributed by atoms with Crippen LogP contribution < -0.4 is 5.32 Å². The molecule has 1 rings (SSSR count). The average molecular weight is 242 g/mol. The van der Waals surface area contributed by atoms with Gasteiger partial charge in [-0.25, -0.2) is 0 Å². The number of carbonyl (C=O) groups excluding carboxylic acids is 1. The average Bonchev–Trinajstić information content (AvgIpc) is 2.28. The topological polar surface area (TPSA) is 41.6 Å². The van der Waals surface area contributed by atoms with Crippen molar-refractivity contribution in [3.05, 3.63) is 0 Å². The van der Waals surface area contributed by atoms with E-state index in [1.165, 1.54) is 20.0 Å². The van der Waals surface area contributed by atoms with Crippen LogP contribution in [0.1, 0.15) is 26.7 Å². The van der Waals surface area contributed by atoms with E-state index in [2.05, 4.69) is 10.2 Å². The fourth-order valence-electron chi connectivity index (χ4n) is 2.65. The minimum absolute atomic E-state index is 0.117. The summed E-state index contributed by atoms with van der Waals surface area (Å²) in [6.07, 6.45) is 2.51. The van der Waals surface area contributed by atoms with E-state index in [-0.39, 0.29) is 5.97 Å². The normalized spacial score (nSPS) is 22.5. The van der Waals surface area contributed by atoms with Crippen LogP contribution in [0, 0.1) is 11.3 Å². The Morgan fingerprint density at radius 3 is 2.82 bits per heavy atom. The summed E-state index contributed by atoms with van der Waals surface area (Å²) in [4.78, 5) is 14.0. The Labute approximate surface area is 105 Å². The number of rotatable bonds is 5. The molecular weight excluding hydrogens is 216 g/mol. The number of nitrogens with one attached hydrogen (secondary N) is 1. The summed E-state index contributed by atoms with van der Waals surface area (Å²) in [5.41, 5.74) is -0.406. The van der Waals surface area contributed by atoms with Gasteiger partial charge in [-0.15, -0.1) is 0 Å². The molecule has 4 nitrogen and oxygen atoms in total. The molecule has 0 radical (unpaired) electrons. The van der Waals surface area contributed by atoms with Crippen molar-refractivity contribution in [1.82, 2.24) is 10.2 Å². The van der Waals surface area contributed by atoms with Crippen molar-refractivity contribution in [2.24, 2.45) is 11.3 Å². The standard InChI is InChI=1S/C13H26N2O2/c1-13(2,12(16)17-4)10-15-7-5-6-11(9-15)8-14-3/h11,14H,5-10H2,1-4H3. The molecule has 1 aliphatic rings. The molecule has 1 atom stereocenters. The number of hydrogen-bond acceptors (Lipinski definition) is 4. The Hall–Kier alpha value is -0.610. The molecule has 0 aliphatic carbocycles. The fourth-order valence-corrected chi connectivity index (χ4v) is 2.65. The number of nitrogens with zero attached hydrogens (tertiary/aromatic N) is 1. The van der Waals surface area contributed by atoms with E-state index in [0.29, 0.717) is 5.92 Å². The van der Waals surface area contributed by atoms with Crippen molar-refractivity contribution >= 4 is 5.97 Å². The van der Waals surface area contributed by atoms with Crippen molar-refractivity contribution in [2.45, 2.75) is 26.7 Å². The van der Waals surface area contributed by atoms with Crippen LogP contribution in [0.5, 0.6) is 0 Å². The molecule has 1 saturated heterocycles. The van der Waals surface area contributed by atoms with Gasteiger partial charge in [0.2, 0.25) is 0 Å². The minimum Gasteiger partial charge on any atom is -0.469 e. The monoisotopic (exact) mass is 242 g/mol. The summed E-state index contributed by atoms with van der Waals surface area (Å²) in [7, 11) is 3.46. The Balaban J connectivity index is 2.47. The van der Waals surface area contributed by atoms with E-state index in [9.17, 15) is 4.79 Å². The first kappa shape index (κ1) is 14.5. The lowest BCUT2D eigenvalue weighted by Gasteiger charge is -2.36. The van der Waals surface area contributed by atoms with E-state index in [4.69, 9.17) is 4.74 Å². The van der Waals surface area contributed by atoms with Crippen LogP contribution >= 0.6 is 0 Å². The number of ether oxygens (including phenoxy) is 1. The van der Waals surface area contributed by atoms with Crippen LogP contribution in [-0.2, 0) is 9.53 Å². The van der Waals surface area contributed by atoms with E-state index in [1.54, 1.807) is 0 Å². The van der Waals surface area contributed by atoms with Gasteiger partial charge in [0.1, 0.15) is 0 Å². The molecule has 0 spiro atoms. The summed E-state index contributed by atoms with van der Waals surface area (Å²) in [5, 5.41) is 3.24. The number of piperidine rings is 1. The molecule has 0 amide bonds. The van der Waals surface area contributed by atoms with Gasteiger partial charge < -0.3 is 15.0 Å². The third-order valence-corrected chi connectivity index (χ3v) is 3.45. The van der Waals surface area contributed by atoms with E-state index in [0.717, 1.165) is 26.2 Å². The number of likely N-dealkylation sites (tertiary alicyclic amines) is 1. The third kappa shape index (κ3) is 4.28. The van der Waals surface area contributed by atoms with Crippen LogP contribution in [0.25, 0.3) is 0 Å². The highest BCUT2D eigenvalue weighted by Gasteiger charge is 2.32. The number of methoxy groups -OCH3 is 1. The molecular formula is C13H26N2O2. The second-order valence-electron chi connectivity index (χ2n) is 5.68. The molecule has 1 aliphatic heterocycles. The largest absolute Gasteiger partial charge is 0.469 e. The molecule has 4 heteroatoms. The highest BCUT2D eigenvalue weighted by molar-refractivity contribution is 5.76. The summed E-state index contributed by atoms with van der Waals surface area (Å²) in [6.45, 7) is 7.96. The Morgan fingerprint density at radius 2 is 2.24 bits per heavy atom. The lowest BCUT2D eigenvalue weighted by Crippen LogP contribution is -2.45. The zero-order valence-corrected chi connectivity index (χ0v) is 11.6. The summed E-state index contributed by atoms with van der Waals surface area (Å²) >= 11 is 0. The molecule has 1 unspecified atom stereocenters. The van der Waals surface area contributed by atoms with Gasteiger partial charge in [0.15, 0.2) is 0 Å². The van der Waals surface area contributed by atoms with Crippen LogP contribution in [0.4, 0.5) is 0 Å². The molecule has 0 aromatic rings. The van der Waals surface area contributed by atoms with Crippen LogP contribution in [0.3, 0.4) is 0 Å². The van der Waals surface area contributed by atoms with Crippen molar-refractivity contribution in [3.8, 4) is 0 Å². The van der Waals surface area contributed by atoms with Gasteiger partial charge in [0, 0.05) is 13.1 Å². The predicted molar refractivity (Wildman–Crippen MR) is 68.9 cm³/mol. The maximum Gasteiger partial charge on any atom is 0.312 e.